The van der Waals surface area contributed by atoms with E-state index in [4.69, 9.17) is 23.7 Å². The molecule has 3 amide bonds. The Balaban J connectivity index is 1.21. The maximum absolute atomic E-state index is 15.2. The Hall–Kier alpha value is -5.80. The number of methoxy groups -OCH3 is 1. The molecule has 1 aromatic heterocycles. The predicted molar refractivity (Wildman–Crippen MR) is 195 cm³/mol. The van der Waals surface area contributed by atoms with Crippen LogP contribution in [0.4, 0.5) is 38.5 Å². The number of halogens is 4. The molecule has 1 aliphatic carbocycles. The molecule has 0 aliphatic heterocycles. The lowest BCUT2D eigenvalue weighted by atomic mass is 10.1. The van der Waals surface area contributed by atoms with Gasteiger partial charge in [-0.1, -0.05) is 0 Å². The van der Waals surface area contributed by atoms with Gasteiger partial charge in [-0.3, -0.25) is 4.98 Å². The third-order valence-electron chi connectivity index (χ3n) is 8.32. The molecule has 1 unspecified atom stereocenters. The highest BCUT2D eigenvalue weighted by molar-refractivity contribution is 5.99. The minimum Gasteiger partial charge on any atom is -0.493 e. The molecule has 1 heterocycles. The Morgan fingerprint density at radius 2 is 1.56 bits per heavy atom. The van der Waals surface area contributed by atoms with Crippen LogP contribution in [0.2, 0.25) is 0 Å². The van der Waals surface area contributed by atoms with E-state index in [1.54, 1.807) is 32.9 Å². The van der Waals surface area contributed by atoms with Crippen LogP contribution in [-0.4, -0.2) is 54.5 Å². The van der Waals surface area contributed by atoms with E-state index in [9.17, 15) is 27.6 Å². The molecule has 5 rings (SSSR count). The monoisotopic (exact) mass is 770 g/mol. The number of hydrogen-bond acceptors (Lipinski definition) is 9. The molecule has 0 saturated heterocycles. The number of carbonyl (C=O) groups is 3. The molecule has 16 heteroatoms. The standard InChI is InChI=1S/C39H42F4N4O8/c1-38(2,3)55-37(50)47-29(35(48)53-26-8-5-6-9-26)10-7-19-52-34-22-30-27(21-33(34)51-4)31(17-18-44-30)54-32-16-15-25(20-28(32)40)46-36(49)45-24-13-11-23(12-14-24)39(41,42)43/h11-18,20-22,26,29H,5-10,19H2,1-4H3,(H,47,50)(H2,45,46,49). The molecule has 1 saturated carbocycles. The molecule has 294 valence electrons. The summed E-state index contributed by atoms with van der Waals surface area (Å²) in [6.07, 6.45) is 0.175. The maximum atomic E-state index is 15.2. The molecule has 1 aliphatic rings. The van der Waals surface area contributed by atoms with Gasteiger partial charge in [0.1, 0.15) is 23.5 Å². The first-order chi connectivity index (χ1) is 26.1. The highest BCUT2D eigenvalue weighted by Gasteiger charge is 2.30. The second-order valence-electron chi connectivity index (χ2n) is 13.8. The minimum atomic E-state index is -4.52. The summed E-state index contributed by atoms with van der Waals surface area (Å²) in [7, 11) is 1.45. The number of alkyl halides is 3. The van der Waals surface area contributed by atoms with Crippen LogP contribution in [0.1, 0.15) is 64.9 Å². The maximum Gasteiger partial charge on any atom is 0.416 e. The molecular formula is C39H42F4N4O8. The Morgan fingerprint density at radius 1 is 0.873 bits per heavy atom. The molecule has 0 bridgehead atoms. The van der Waals surface area contributed by atoms with E-state index in [1.165, 1.54) is 31.5 Å². The van der Waals surface area contributed by atoms with E-state index in [-0.39, 0.29) is 42.0 Å². The number of ether oxygens (including phenoxy) is 5. The van der Waals surface area contributed by atoms with Crippen molar-refractivity contribution in [2.45, 2.75) is 83.2 Å². The average molecular weight is 771 g/mol. The molecule has 55 heavy (non-hydrogen) atoms. The molecular weight excluding hydrogens is 728 g/mol. The fourth-order valence-electron chi connectivity index (χ4n) is 5.73. The molecule has 1 fully saturated rings. The first-order valence-electron chi connectivity index (χ1n) is 17.6. The van der Waals surface area contributed by atoms with Crippen LogP contribution in [0.3, 0.4) is 0 Å². The van der Waals surface area contributed by atoms with E-state index >= 15 is 4.39 Å². The molecule has 3 aromatic carbocycles. The number of benzene rings is 3. The number of urea groups is 1. The van der Waals surface area contributed by atoms with Gasteiger partial charge in [0.05, 0.1) is 24.8 Å². The van der Waals surface area contributed by atoms with E-state index in [1.807, 2.05) is 0 Å². The second-order valence-corrected chi connectivity index (χ2v) is 13.8. The van der Waals surface area contributed by atoms with Gasteiger partial charge in [-0.25, -0.2) is 18.8 Å². The number of aromatic nitrogens is 1. The summed E-state index contributed by atoms with van der Waals surface area (Å²) < 4.78 is 82.1. The lowest BCUT2D eigenvalue weighted by molar-refractivity contribution is -0.151. The van der Waals surface area contributed by atoms with Gasteiger partial charge in [-0.15, -0.1) is 0 Å². The first kappa shape index (κ1) is 40.4. The van der Waals surface area contributed by atoms with Crippen LogP contribution in [0, 0.1) is 5.82 Å². The summed E-state index contributed by atoms with van der Waals surface area (Å²) >= 11 is 0. The van der Waals surface area contributed by atoms with Gasteiger partial charge in [0.25, 0.3) is 0 Å². The number of esters is 1. The number of pyridine rings is 1. The van der Waals surface area contributed by atoms with Gasteiger partial charge in [0, 0.05) is 35.1 Å². The molecule has 1 atom stereocenters. The van der Waals surface area contributed by atoms with E-state index in [0.29, 0.717) is 28.8 Å². The predicted octanol–water partition coefficient (Wildman–Crippen LogP) is 9.38. The zero-order valence-corrected chi connectivity index (χ0v) is 30.7. The van der Waals surface area contributed by atoms with Crippen LogP contribution in [0.15, 0.2) is 66.9 Å². The number of anilines is 2. The quantitative estimate of drug-likeness (QED) is 0.0688. The van der Waals surface area contributed by atoms with Gasteiger partial charge in [-0.05, 0) is 108 Å². The summed E-state index contributed by atoms with van der Waals surface area (Å²) in [6, 6.07) is 10.6. The minimum absolute atomic E-state index is 0.0648. The second kappa shape index (κ2) is 17.6. The molecule has 0 spiro atoms. The zero-order valence-electron chi connectivity index (χ0n) is 30.7. The Labute approximate surface area is 314 Å². The first-order valence-corrected chi connectivity index (χ1v) is 17.6. The van der Waals surface area contributed by atoms with Crippen molar-refractivity contribution < 1.29 is 55.6 Å². The molecule has 3 N–H and O–H groups in total. The van der Waals surface area contributed by atoms with Crippen LogP contribution >= 0.6 is 0 Å². The Kier molecular flexibility index (Phi) is 12.9. The van der Waals surface area contributed by atoms with Gasteiger partial charge in [0.15, 0.2) is 23.1 Å². The van der Waals surface area contributed by atoms with Gasteiger partial charge in [0.2, 0.25) is 0 Å². The van der Waals surface area contributed by atoms with Gasteiger partial charge < -0.3 is 39.6 Å². The number of hydrogen-bond donors (Lipinski definition) is 3. The Bertz CT molecular complexity index is 1980. The fraction of sp³-hybridized carbons (Fsp3) is 0.385. The number of amides is 3. The zero-order chi connectivity index (χ0) is 39.8. The van der Waals surface area contributed by atoms with E-state index < -0.39 is 47.3 Å². The van der Waals surface area contributed by atoms with Gasteiger partial charge >= 0.3 is 24.3 Å². The van der Waals surface area contributed by atoms with Crippen molar-refractivity contribution in [3.8, 4) is 23.0 Å². The largest absolute Gasteiger partial charge is 0.493 e. The van der Waals surface area contributed by atoms with Crippen molar-refractivity contribution >= 4 is 40.4 Å². The van der Waals surface area contributed by atoms with Crippen LogP contribution in [0.25, 0.3) is 10.9 Å². The summed E-state index contributed by atoms with van der Waals surface area (Å²) in [5, 5.41) is 7.92. The highest BCUT2D eigenvalue weighted by Crippen LogP contribution is 2.38. The Morgan fingerprint density at radius 3 is 2.22 bits per heavy atom. The summed E-state index contributed by atoms with van der Waals surface area (Å²) in [4.78, 5) is 42.3. The number of rotatable bonds is 13. The summed E-state index contributed by atoms with van der Waals surface area (Å²) in [6.45, 7) is 5.33. The highest BCUT2D eigenvalue weighted by atomic mass is 19.4. The number of nitrogens with one attached hydrogen (secondary N) is 3. The molecule has 4 aromatic rings. The lowest BCUT2D eigenvalue weighted by Crippen LogP contribution is -2.45. The number of alkyl carbamates (subject to hydrolysis) is 1. The average Bonchev–Trinajstić information content (AvgIpc) is 3.62. The molecule has 12 nitrogen and oxygen atoms in total. The normalized spacial score (nSPS) is 13.8. The third-order valence-corrected chi connectivity index (χ3v) is 8.32. The number of nitrogens with zero attached hydrogens (tertiary/aromatic N) is 1. The van der Waals surface area contributed by atoms with Gasteiger partial charge in [-0.2, -0.15) is 13.2 Å². The smallest absolute Gasteiger partial charge is 0.416 e. The van der Waals surface area contributed by atoms with Crippen molar-refractivity contribution in [1.29, 1.82) is 0 Å². The number of carbonyl (C=O) groups excluding carboxylic acids is 3. The van der Waals surface area contributed by atoms with Crippen molar-refractivity contribution in [2.75, 3.05) is 24.4 Å². The van der Waals surface area contributed by atoms with Crippen LogP contribution < -0.4 is 30.2 Å². The van der Waals surface area contributed by atoms with Crippen molar-refractivity contribution in [2.24, 2.45) is 0 Å². The lowest BCUT2D eigenvalue weighted by Gasteiger charge is -2.24. The van der Waals surface area contributed by atoms with E-state index in [0.717, 1.165) is 56.0 Å². The topological polar surface area (TPSA) is 146 Å². The third kappa shape index (κ3) is 11.6. The van der Waals surface area contributed by atoms with Crippen molar-refractivity contribution in [1.82, 2.24) is 10.3 Å². The van der Waals surface area contributed by atoms with Crippen molar-refractivity contribution in [3.05, 3.63) is 78.2 Å². The summed E-state index contributed by atoms with van der Waals surface area (Å²) in [5.41, 5.74) is -1.000. The molecule has 0 radical (unpaired) electrons. The van der Waals surface area contributed by atoms with E-state index in [2.05, 4.69) is 20.9 Å². The van der Waals surface area contributed by atoms with Crippen LogP contribution in [0.5, 0.6) is 23.0 Å². The fourth-order valence-corrected chi connectivity index (χ4v) is 5.73. The SMILES string of the molecule is COc1cc2c(Oc3ccc(NC(=O)Nc4ccc(C(F)(F)F)cc4)cc3F)ccnc2cc1OCCCC(NC(=O)OC(C)(C)C)C(=O)OC1CCCC1. The van der Waals surface area contributed by atoms with Crippen molar-refractivity contribution in [3.63, 3.8) is 0 Å². The summed E-state index contributed by atoms with van der Waals surface area (Å²) in [5.74, 6) is -0.583. The van der Waals surface area contributed by atoms with Crippen LogP contribution in [-0.2, 0) is 20.4 Å². The number of fused-ring (bicyclic) bond motifs is 1.